The van der Waals surface area contributed by atoms with E-state index >= 15 is 0 Å². The molecule has 3 aromatic rings. The van der Waals surface area contributed by atoms with Crippen molar-refractivity contribution in [3.05, 3.63) is 36.0 Å². The number of aryl methyl sites for hydroxylation is 1. The zero-order chi connectivity index (χ0) is 17.4. The molecule has 130 valence electrons. The van der Waals surface area contributed by atoms with Gasteiger partial charge in [0.15, 0.2) is 17.3 Å². The van der Waals surface area contributed by atoms with E-state index in [1.54, 1.807) is 10.9 Å². The Labute approximate surface area is 143 Å². The summed E-state index contributed by atoms with van der Waals surface area (Å²) < 4.78 is 28.2. The van der Waals surface area contributed by atoms with Gasteiger partial charge in [0.05, 0.1) is 11.6 Å². The molecule has 0 amide bonds. The molecule has 2 aromatic heterocycles. The summed E-state index contributed by atoms with van der Waals surface area (Å²) in [5.41, 5.74) is 1.09. The summed E-state index contributed by atoms with van der Waals surface area (Å²) in [4.78, 5) is 11.3. The molecular formula is C17H18F2N6. The van der Waals surface area contributed by atoms with Gasteiger partial charge in [-0.1, -0.05) is 0 Å². The number of hydrogen-bond acceptors (Lipinski definition) is 5. The van der Waals surface area contributed by atoms with Crippen LogP contribution >= 0.6 is 0 Å². The maximum absolute atomic E-state index is 13.4. The Bertz CT molecular complexity index is 917. The lowest BCUT2D eigenvalue weighted by Crippen LogP contribution is -2.30. The molecule has 0 saturated carbocycles. The Morgan fingerprint density at radius 1 is 1.04 bits per heavy atom. The molecule has 25 heavy (non-hydrogen) atoms. The van der Waals surface area contributed by atoms with Crippen LogP contribution in [0.4, 0.5) is 26.2 Å². The third-order valence-corrected chi connectivity index (χ3v) is 4.40. The van der Waals surface area contributed by atoms with E-state index in [1.165, 1.54) is 12.5 Å². The van der Waals surface area contributed by atoms with Crippen molar-refractivity contribution in [1.29, 1.82) is 0 Å². The summed E-state index contributed by atoms with van der Waals surface area (Å²) in [6, 6.07) is 3.62. The second-order valence-electron chi connectivity index (χ2n) is 6.18. The highest BCUT2D eigenvalue weighted by Crippen LogP contribution is 2.28. The van der Waals surface area contributed by atoms with Gasteiger partial charge in [-0.05, 0) is 31.4 Å². The first-order valence-electron chi connectivity index (χ1n) is 8.28. The van der Waals surface area contributed by atoms with Gasteiger partial charge in [0.2, 0.25) is 5.95 Å². The van der Waals surface area contributed by atoms with Crippen molar-refractivity contribution in [2.75, 3.05) is 23.3 Å². The van der Waals surface area contributed by atoms with Gasteiger partial charge in [0, 0.05) is 31.9 Å². The number of anilines is 3. The molecule has 1 aliphatic rings. The highest BCUT2D eigenvalue weighted by Gasteiger charge is 2.19. The molecule has 0 aliphatic carbocycles. The Balaban J connectivity index is 1.75. The van der Waals surface area contributed by atoms with Crippen LogP contribution in [0.5, 0.6) is 0 Å². The standard InChI is InChI=1S/C17H18F2N6/c1-24-15-12(10-20-24)16(25-7-3-2-4-8-25)23-17(22-15)21-11-5-6-13(18)14(19)9-11/h5-6,9-10H,2-4,7-8H2,1H3,(H,21,22,23). The number of nitrogens with one attached hydrogen (secondary N) is 1. The van der Waals surface area contributed by atoms with Crippen LogP contribution in [0.15, 0.2) is 24.4 Å². The van der Waals surface area contributed by atoms with Gasteiger partial charge in [0.1, 0.15) is 5.82 Å². The Morgan fingerprint density at radius 3 is 2.60 bits per heavy atom. The lowest BCUT2D eigenvalue weighted by Gasteiger charge is -2.28. The predicted molar refractivity (Wildman–Crippen MR) is 92.0 cm³/mol. The van der Waals surface area contributed by atoms with Crippen LogP contribution < -0.4 is 10.2 Å². The summed E-state index contributed by atoms with van der Waals surface area (Å²) >= 11 is 0. The molecule has 1 aromatic carbocycles. The van der Waals surface area contributed by atoms with Crippen LogP contribution in [0.25, 0.3) is 11.0 Å². The van der Waals surface area contributed by atoms with E-state index in [4.69, 9.17) is 0 Å². The van der Waals surface area contributed by atoms with Crippen molar-refractivity contribution in [3.63, 3.8) is 0 Å². The normalized spacial score (nSPS) is 14.9. The van der Waals surface area contributed by atoms with Crippen LogP contribution in [0, 0.1) is 11.6 Å². The maximum atomic E-state index is 13.4. The lowest BCUT2D eigenvalue weighted by molar-refractivity contribution is 0.509. The average molecular weight is 344 g/mol. The van der Waals surface area contributed by atoms with E-state index in [-0.39, 0.29) is 0 Å². The highest BCUT2D eigenvalue weighted by molar-refractivity contribution is 5.88. The Hall–Kier alpha value is -2.77. The van der Waals surface area contributed by atoms with Crippen molar-refractivity contribution in [2.45, 2.75) is 19.3 Å². The molecule has 1 fully saturated rings. The highest BCUT2D eigenvalue weighted by atomic mass is 19.2. The predicted octanol–water partition coefficient (Wildman–Crippen LogP) is 3.38. The number of hydrogen-bond donors (Lipinski definition) is 1. The fourth-order valence-electron chi connectivity index (χ4n) is 3.11. The number of benzene rings is 1. The fraction of sp³-hybridized carbons (Fsp3) is 0.353. The van der Waals surface area contributed by atoms with Crippen molar-refractivity contribution in [3.8, 4) is 0 Å². The smallest absolute Gasteiger partial charge is 0.231 e. The number of rotatable bonds is 3. The summed E-state index contributed by atoms with van der Waals surface area (Å²) in [6.07, 6.45) is 5.23. The number of aromatic nitrogens is 4. The first kappa shape index (κ1) is 15.7. The molecule has 3 heterocycles. The van der Waals surface area contributed by atoms with Crippen molar-refractivity contribution in [1.82, 2.24) is 19.7 Å². The first-order chi connectivity index (χ1) is 12.1. The molecule has 1 N–H and O–H groups in total. The van der Waals surface area contributed by atoms with Gasteiger partial charge in [-0.25, -0.2) is 8.78 Å². The van der Waals surface area contributed by atoms with E-state index in [9.17, 15) is 8.78 Å². The van der Waals surface area contributed by atoms with Crippen LogP contribution in [-0.4, -0.2) is 32.8 Å². The van der Waals surface area contributed by atoms with Crippen molar-refractivity contribution in [2.24, 2.45) is 7.05 Å². The minimum atomic E-state index is -0.914. The fourth-order valence-corrected chi connectivity index (χ4v) is 3.11. The third-order valence-electron chi connectivity index (χ3n) is 4.40. The summed E-state index contributed by atoms with van der Waals surface area (Å²) in [5.74, 6) is -0.643. The monoisotopic (exact) mass is 344 g/mol. The van der Waals surface area contributed by atoms with E-state index in [0.29, 0.717) is 17.3 Å². The molecule has 4 rings (SSSR count). The van der Waals surface area contributed by atoms with Gasteiger partial charge >= 0.3 is 0 Å². The number of fused-ring (bicyclic) bond motifs is 1. The van der Waals surface area contributed by atoms with Gasteiger partial charge in [-0.2, -0.15) is 15.1 Å². The second kappa shape index (κ2) is 6.27. The Morgan fingerprint density at radius 2 is 1.84 bits per heavy atom. The zero-order valence-corrected chi connectivity index (χ0v) is 13.8. The molecular weight excluding hydrogens is 326 g/mol. The summed E-state index contributed by atoms with van der Waals surface area (Å²) in [5, 5.41) is 8.13. The molecule has 0 atom stereocenters. The topological polar surface area (TPSA) is 58.9 Å². The van der Waals surface area contributed by atoms with Crippen LogP contribution in [0.1, 0.15) is 19.3 Å². The summed E-state index contributed by atoms with van der Waals surface area (Å²) in [6.45, 7) is 1.87. The molecule has 0 bridgehead atoms. The minimum absolute atomic E-state index is 0.336. The summed E-state index contributed by atoms with van der Waals surface area (Å²) in [7, 11) is 1.82. The number of nitrogens with zero attached hydrogens (tertiary/aromatic N) is 5. The molecule has 0 spiro atoms. The SMILES string of the molecule is Cn1ncc2c(N3CCCCC3)nc(Nc3ccc(F)c(F)c3)nc21. The van der Waals surface area contributed by atoms with Gasteiger partial charge in [-0.15, -0.1) is 0 Å². The van der Waals surface area contributed by atoms with Gasteiger partial charge < -0.3 is 10.2 Å². The zero-order valence-electron chi connectivity index (χ0n) is 13.8. The maximum Gasteiger partial charge on any atom is 0.231 e. The van der Waals surface area contributed by atoms with E-state index < -0.39 is 11.6 Å². The van der Waals surface area contributed by atoms with Crippen LogP contribution in [0.3, 0.4) is 0 Å². The van der Waals surface area contributed by atoms with Gasteiger partial charge in [0.25, 0.3) is 0 Å². The van der Waals surface area contributed by atoms with Crippen LogP contribution in [0.2, 0.25) is 0 Å². The van der Waals surface area contributed by atoms with Crippen molar-refractivity contribution < 1.29 is 8.78 Å². The lowest BCUT2D eigenvalue weighted by atomic mass is 10.1. The van der Waals surface area contributed by atoms with E-state index in [2.05, 4.69) is 25.3 Å². The minimum Gasteiger partial charge on any atom is -0.356 e. The Kier molecular flexibility index (Phi) is 3.95. The van der Waals surface area contributed by atoms with Crippen molar-refractivity contribution >= 4 is 28.5 Å². The number of piperidine rings is 1. The first-order valence-corrected chi connectivity index (χ1v) is 8.28. The molecule has 8 heteroatoms. The molecule has 1 aliphatic heterocycles. The molecule has 1 saturated heterocycles. The largest absolute Gasteiger partial charge is 0.356 e. The van der Waals surface area contributed by atoms with E-state index in [1.807, 2.05) is 7.05 Å². The third kappa shape index (κ3) is 2.99. The number of halogens is 2. The molecule has 0 unspecified atom stereocenters. The van der Waals surface area contributed by atoms with E-state index in [0.717, 1.165) is 49.3 Å². The van der Waals surface area contributed by atoms with Gasteiger partial charge in [-0.3, -0.25) is 4.68 Å². The molecule has 6 nitrogen and oxygen atoms in total. The second-order valence-corrected chi connectivity index (χ2v) is 6.18. The quantitative estimate of drug-likeness (QED) is 0.789. The molecule has 0 radical (unpaired) electrons. The average Bonchev–Trinajstić information content (AvgIpc) is 3.00. The van der Waals surface area contributed by atoms with Crippen LogP contribution in [-0.2, 0) is 7.05 Å².